The quantitative estimate of drug-likeness (QED) is 0.703. The highest BCUT2D eigenvalue weighted by Crippen LogP contribution is 2.08. The van der Waals surface area contributed by atoms with E-state index in [9.17, 15) is 0 Å². The number of hydrogen-bond acceptors (Lipinski definition) is 4. The van der Waals surface area contributed by atoms with Gasteiger partial charge >= 0.3 is 0 Å². The summed E-state index contributed by atoms with van der Waals surface area (Å²) < 4.78 is 4.99. The second kappa shape index (κ2) is 4.01. The first-order valence-electron chi connectivity index (χ1n) is 3.85. The molecular weight excluding hydrogens is 154 g/mol. The molecule has 0 spiro atoms. The van der Waals surface area contributed by atoms with Crippen molar-refractivity contribution in [3.05, 3.63) is 17.6 Å². The van der Waals surface area contributed by atoms with Gasteiger partial charge in [-0.1, -0.05) is 0 Å². The number of ether oxygens (including phenoxy) is 1. The fourth-order valence-electron chi connectivity index (χ4n) is 0.980. The lowest BCUT2D eigenvalue weighted by atomic mass is 10.3. The maximum absolute atomic E-state index is 5.40. The predicted octanol–water partition coefficient (Wildman–Crippen LogP) is 0.295. The maximum Gasteiger partial charge on any atom is 0.216 e. The van der Waals surface area contributed by atoms with Crippen molar-refractivity contribution >= 4 is 0 Å². The third kappa shape index (κ3) is 2.17. The summed E-state index contributed by atoms with van der Waals surface area (Å²) in [6.07, 6.45) is 0.764. The number of nitrogens with zero attached hydrogens (tertiary/aromatic N) is 2. The van der Waals surface area contributed by atoms with Crippen LogP contribution >= 0.6 is 0 Å². The lowest BCUT2D eigenvalue weighted by molar-refractivity contribution is 0.394. The Kier molecular flexibility index (Phi) is 2.99. The van der Waals surface area contributed by atoms with Crippen molar-refractivity contribution in [2.75, 3.05) is 13.7 Å². The topological polar surface area (TPSA) is 61.0 Å². The largest absolute Gasteiger partial charge is 0.481 e. The average molecular weight is 167 g/mol. The zero-order valence-corrected chi connectivity index (χ0v) is 7.37. The van der Waals surface area contributed by atoms with Gasteiger partial charge in [-0.3, -0.25) is 0 Å². The molecule has 1 heterocycles. The summed E-state index contributed by atoms with van der Waals surface area (Å²) in [5.74, 6) is 1.32. The Morgan fingerprint density at radius 2 is 2.25 bits per heavy atom. The van der Waals surface area contributed by atoms with Crippen molar-refractivity contribution in [1.82, 2.24) is 9.97 Å². The Labute approximate surface area is 71.8 Å². The van der Waals surface area contributed by atoms with Gasteiger partial charge in [-0.15, -0.1) is 0 Å². The number of rotatable bonds is 3. The van der Waals surface area contributed by atoms with Crippen molar-refractivity contribution in [2.24, 2.45) is 5.73 Å². The fraction of sp³-hybridized carbons (Fsp3) is 0.500. The number of nitrogens with two attached hydrogens (primary N) is 1. The Balaban J connectivity index is 2.90. The van der Waals surface area contributed by atoms with Crippen LogP contribution < -0.4 is 10.5 Å². The molecule has 0 aliphatic rings. The Bertz CT molecular complexity index is 262. The van der Waals surface area contributed by atoms with Crippen LogP contribution in [0.15, 0.2) is 6.07 Å². The molecule has 1 aromatic rings. The Hall–Kier alpha value is -1.16. The Morgan fingerprint density at radius 1 is 1.50 bits per heavy atom. The first kappa shape index (κ1) is 8.93. The molecule has 1 rings (SSSR count). The van der Waals surface area contributed by atoms with Crippen LogP contribution in [0.5, 0.6) is 5.88 Å². The van der Waals surface area contributed by atoms with Crippen molar-refractivity contribution in [1.29, 1.82) is 0 Å². The standard InChI is InChI=1S/C8H13N3O/c1-6-10-7(3-4-9)5-8(11-6)12-2/h5H,3-4,9H2,1-2H3. The number of aromatic nitrogens is 2. The molecule has 2 N–H and O–H groups in total. The normalized spacial score (nSPS) is 9.92. The lowest BCUT2D eigenvalue weighted by Gasteiger charge is -2.02. The maximum atomic E-state index is 5.40. The molecule has 0 bridgehead atoms. The summed E-state index contributed by atoms with van der Waals surface area (Å²) in [5, 5.41) is 0. The van der Waals surface area contributed by atoms with Crippen LogP contribution in [0, 0.1) is 6.92 Å². The lowest BCUT2D eigenvalue weighted by Crippen LogP contribution is -2.06. The summed E-state index contributed by atoms with van der Waals surface area (Å²) in [5.41, 5.74) is 6.33. The Morgan fingerprint density at radius 3 is 2.83 bits per heavy atom. The van der Waals surface area contributed by atoms with Gasteiger partial charge in [-0.25, -0.2) is 4.98 Å². The van der Waals surface area contributed by atoms with Gasteiger partial charge in [-0.2, -0.15) is 4.98 Å². The van der Waals surface area contributed by atoms with Gasteiger partial charge in [0, 0.05) is 18.2 Å². The van der Waals surface area contributed by atoms with Gasteiger partial charge in [0.05, 0.1) is 7.11 Å². The molecule has 1 aromatic heterocycles. The van der Waals surface area contributed by atoms with E-state index in [1.54, 1.807) is 13.2 Å². The van der Waals surface area contributed by atoms with Crippen LogP contribution in [0.4, 0.5) is 0 Å². The molecule has 0 fully saturated rings. The van der Waals surface area contributed by atoms with E-state index in [4.69, 9.17) is 10.5 Å². The molecule has 4 nitrogen and oxygen atoms in total. The molecule has 0 saturated heterocycles. The van der Waals surface area contributed by atoms with Gasteiger partial charge in [0.15, 0.2) is 0 Å². The van der Waals surface area contributed by atoms with Crippen molar-refractivity contribution in [3.8, 4) is 5.88 Å². The highest BCUT2D eigenvalue weighted by atomic mass is 16.5. The van der Waals surface area contributed by atoms with E-state index in [0.717, 1.165) is 17.9 Å². The third-order valence-electron chi connectivity index (χ3n) is 1.48. The van der Waals surface area contributed by atoms with Crippen molar-refractivity contribution < 1.29 is 4.74 Å². The minimum absolute atomic E-state index is 0.597. The number of hydrogen-bond donors (Lipinski definition) is 1. The van der Waals surface area contributed by atoms with Gasteiger partial charge in [0.2, 0.25) is 5.88 Å². The third-order valence-corrected chi connectivity index (χ3v) is 1.48. The van der Waals surface area contributed by atoms with Crippen molar-refractivity contribution in [2.45, 2.75) is 13.3 Å². The molecule has 0 atom stereocenters. The van der Waals surface area contributed by atoms with E-state index >= 15 is 0 Å². The number of methoxy groups -OCH3 is 1. The molecule has 0 radical (unpaired) electrons. The molecule has 0 saturated carbocycles. The minimum atomic E-state index is 0.597. The van der Waals surface area contributed by atoms with Crippen molar-refractivity contribution in [3.63, 3.8) is 0 Å². The molecule has 0 amide bonds. The monoisotopic (exact) mass is 167 g/mol. The first-order chi connectivity index (χ1) is 5.76. The van der Waals surface area contributed by atoms with Crippen LogP contribution in [0.2, 0.25) is 0 Å². The van der Waals surface area contributed by atoms with Crippen LogP contribution in [0.25, 0.3) is 0 Å². The molecular formula is C8H13N3O. The van der Waals surface area contributed by atoms with Crippen LogP contribution in [-0.4, -0.2) is 23.6 Å². The SMILES string of the molecule is COc1cc(CCN)nc(C)n1. The molecule has 4 heteroatoms. The smallest absolute Gasteiger partial charge is 0.216 e. The summed E-state index contributed by atoms with van der Waals surface area (Å²) in [7, 11) is 1.59. The predicted molar refractivity (Wildman–Crippen MR) is 46.1 cm³/mol. The highest BCUT2D eigenvalue weighted by molar-refractivity contribution is 5.16. The zero-order chi connectivity index (χ0) is 8.97. The minimum Gasteiger partial charge on any atom is -0.481 e. The van der Waals surface area contributed by atoms with Crippen LogP contribution in [-0.2, 0) is 6.42 Å². The molecule has 0 aliphatic carbocycles. The molecule has 12 heavy (non-hydrogen) atoms. The summed E-state index contributed by atoms with van der Waals surface area (Å²) in [4.78, 5) is 8.26. The average Bonchev–Trinajstić information content (AvgIpc) is 2.04. The molecule has 66 valence electrons. The summed E-state index contributed by atoms with van der Waals surface area (Å²) >= 11 is 0. The van der Waals surface area contributed by atoms with E-state index in [1.165, 1.54) is 0 Å². The molecule has 0 aliphatic heterocycles. The zero-order valence-electron chi connectivity index (χ0n) is 7.37. The second-order valence-corrected chi connectivity index (χ2v) is 2.49. The molecule has 0 unspecified atom stereocenters. The van der Waals surface area contributed by atoms with E-state index in [2.05, 4.69) is 9.97 Å². The van der Waals surface area contributed by atoms with E-state index in [0.29, 0.717) is 12.4 Å². The van der Waals surface area contributed by atoms with Crippen LogP contribution in [0.1, 0.15) is 11.5 Å². The fourth-order valence-corrected chi connectivity index (χ4v) is 0.980. The van der Waals surface area contributed by atoms with Gasteiger partial charge < -0.3 is 10.5 Å². The summed E-state index contributed by atoms with van der Waals surface area (Å²) in [6.45, 7) is 2.43. The first-order valence-corrected chi connectivity index (χ1v) is 3.85. The van der Waals surface area contributed by atoms with Gasteiger partial charge in [0.1, 0.15) is 5.82 Å². The van der Waals surface area contributed by atoms with E-state index < -0.39 is 0 Å². The number of aryl methyl sites for hydroxylation is 1. The van der Waals surface area contributed by atoms with Crippen LogP contribution in [0.3, 0.4) is 0 Å². The van der Waals surface area contributed by atoms with Gasteiger partial charge in [0.25, 0.3) is 0 Å². The second-order valence-electron chi connectivity index (χ2n) is 2.49. The van der Waals surface area contributed by atoms with E-state index in [-0.39, 0.29) is 0 Å². The summed E-state index contributed by atoms with van der Waals surface area (Å²) in [6, 6.07) is 1.81. The van der Waals surface area contributed by atoms with Gasteiger partial charge in [-0.05, 0) is 13.5 Å². The molecule has 0 aromatic carbocycles. The highest BCUT2D eigenvalue weighted by Gasteiger charge is 1.99. The van der Waals surface area contributed by atoms with E-state index in [1.807, 2.05) is 6.92 Å².